The zero-order chi connectivity index (χ0) is 23.8. The summed E-state index contributed by atoms with van der Waals surface area (Å²) in [5.41, 5.74) is 4.22. The topological polar surface area (TPSA) is 63.1 Å². The third-order valence-electron chi connectivity index (χ3n) is 5.48. The van der Waals surface area contributed by atoms with Gasteiger partial charge in [-0.1, -0.05) is 43.8 Å². The third-order valence-corrected chi connectivity index (χ3v) is 6.44. The summed E-state index contributed by atoms with van der Waals surface area (Å²) in [5, 5.41) is 12.4. The summed E-state index contributed by atoms with van der Waals surface area (Å²) in [7, 11) is 0. The van der Waals surface area contributed by atoms with Crippen LogP contribution in [0.1, 0.15) is 39.2 Å². The second kappa shape index (κ2) is 11.7. The summed E-state index contributed by atoms with van der Waals surface area (Å²) in [6.45, 7) is 15.0. The molecule has 0 bridgehead atoms. The number of anilines is 2. The van der Waals surface area contributed by atoms with Crippen LogP contribution in [-0.4, -0.2) is 39.5 Å². The van der Waals surface area contributed by atoms with Crippen molar-refractivity contribution in [3.63, 3.8) is 0 Å². The van der Waals surface area contributed by atoms with Gasteiger partial charge in [0.1, 0.15) is 0 Å². The molecule has 0 fully saturated rings. The highest BCUT2D eigenvalue weighted by atomic mass is 32.2. The number of hydrogen-bond donors (Lipinski definition) is 1. The standard InChI is InChI=1S/C26H33N5OS/c1-6-17-31-25(21-11-15-23(16-12-21)30(7-2)8-3)28-29-26(31)33-18-24(32)27-22-13-9-20(10-14-22)19(4)5/h6,9-16,19H,1,7-8,17-18H2,2-5H3,(H,27,32). The van der Waals surface area contributed by atoms with Crippen molar-refractivity contribution in [2.45, 2.75) is 45.3 Å². The van der Waals surface area contributed by atoms with Crippen molar-refractivity contribution in [3.8, 4) is 11.4 Å². The highest BCUT2D eigenvalue weighted by molar-refractivity contribution is 7.99. The second-order valence-corrected chi connectivity index (χ2v) is 8.98. The van der Waals surface area contributed by atoms with Crippen LogP contribution in [0, 0.1) is 0 Å². The molecular formula is C26H33N5OS. The number of carbonyl (C=O) groups excluding carboxylic acids is 1. The molecule has 0 saturated heterocycles. The average molecular weight is 464 g/mol. The molecule has 1 N–H and O–H groups in total. The Hall–Kier alpha value is -3.06. The number of thioether (sulfide) groups is 1. The minimum atomic E-state index is -0.0735. The van der Waals surface area contributed by atoms with E-state index in [1.165, 1.54) is 23.0 Å². The van der Waals surface area contributed by atoms with E-state index in [1.807, 2.05) is 34.9 Å². The van der Waals surface area contributed by atoms with E-state index in [2.05, 4.69) is 79.0 Å². The van der Waals surface area contributed by atoms with E-state index >= 15 is 0 Å². The van der Waals surface area contributed by atoms with Gasteiger partial charge < -0.3 is 10.2 Å². The summed E-state index contributed by atoms with van der Waals surface area (Å²) in [6, 6.07) is 16.3. The molecule has 6 nitrogen and oxygen atoms in total. The molecule has 0 radical (unpaired) electrons. The first-order chi connectivity index (χ1) is 16.0. The molecule has 1 amide bonds. The first kappa shape index (κ1) is 24.6. The smallest absolute Gasteiger partial charge is 0.234 e. The first-order valence-electron chi connectivity index (χ1n) is 11.4. The van der Waals surface area contributed by atoms with Gasteiger partial charge in [-0.2, -0.15) is 0 Å². The maximum absolute atomic E-state index is 12.5. The Morgan fingerprint density at radius 3 is 2.33 bits per heavy atom. The maximum Gasteiger partial charge on any atom is 0.234 e. The van der Waals surface area contributed by atoms with Crippen LogP contribution in [0.3, 0.4) is 0 Å². The highest BCUT2D eigenvalue weighted by Gasteiger charge is 2.15. The van der Waals surface area contributed by atoms with Gasteiger partial charge in [0.15, 0.2) is 11.0 Å². The van der Waals surface area contributed by atoms with Gasteiger partial charge in [0.05, 0.1) is 5.75 Å². The normalized spacial score (nSPS) is 10.9. The van der Waals surface area contributed by atoms with E-state index in [1.54, 1.807) is 0 Å². The minimum Gasteiger partial charge on any atom is -0.372 e. The lowest BCUT2D eigenvalue weighted by molar-refractivity contribution is -0.113. The number of nitrogens with one attached hydrogen (secondary N) is 1. The van der Waals surface area contributed by atoms with E-state index in [0.717, 1.165) is 30.2 Å². The molecular weight excluding hydrogens is 430 g/mol. The van der Waals surface area contributed by atoms with Crippen LogP contribution in [0.4, 0.5) is 11.4 Å². The quantitative estimate of drug-likeness (QED) is 0.286. The molecule has 0 unspecified atom stereocenters. The van der Waals surface area contributed by atoms with E-state index in [0.29, 0.717) is 17.6 Å². The van der Waals surface area contributed by atoms with Crippen LogP contribution < -0.4 is 10.2 Å². The van der Waals surface area contributed by atoms with Crippen LogP contribution in [0.15, 0.2) is 66.3 Å². The molecule has 2 aromatic carbocycles. The zero-order valence-electron chi connectivity index (χ0n) is 19.9. The molecule has 0 aliphatic carbocycles. The number of aromatic nitrogens is 3. The van der Waals surface area contributed by atoms with E-state index < -0.39 is 0 Å². The fraction of sp³-hybridized carbons (Fsp3) is 0.346. The molecule has 0 aliphatic rings. The lowest BCUT2D eigenvalue weighted by atomic mass is 10.0. The predicted octanol–water partition coefficient (Wildman–Crippen LogP) is 5.83. The summed E-state index contributed by atoms with van der Waals surface area (Å²) in [5.74, 6) is 1.41. The van der Waals surface area contributed by atoms with Crippen molar-refractivity contribution in [3.05, 3.63) is 66.7 Å². The third kappa shape index (κ3) is 6.26. The molecule has 0 saturated carbocycles. The molecule has 33 heavy (non-hydrogen) atoms. The van der Waals surface area contributed by atoms with Gasteiger partial charge >= 0.3 is 0 Å². The van der Waals surface area contributed by atoms with Crippen molar-refractivity contribution in [1.82, 2.24) is 14.8 Å². The van der Waals surface area contributed by atoms with Crippen LogP contribution >= 0.6 is 11.8 Å². The van der Waals surface area contributed by atoms with Crippen LogP contribution in [0.25, 0.3) is 11.4 Å². The van der Waals surface area contributed by atoms with Crippen molar-refractivity contribution < 1.29 is 4.79 Å². The lowest BCUT2D eigenvalue weighted by Gasteiger charge is -2.21. The lowest BCUT2D eigenvalue weighted by Crippen LogP contribution is -2.21. The SMILES string of the molecule is C=CCn1c(SCC(=O)Nc2ccc(C(C)C)cc2)nnc1-c1ccc(N(CC)CC)cc1. The van der Waals surface area contributed by atoms with Crippen molar-refractivity contribution in [1.29, 1.82) is 0 Å². The average Bonchev–Trinajstić information content (AvgIpc) is 3.22. The Labute approximate surface area is 201 Å². The Balaban J connectivity index is 1.69. The van der Waals surface area contributed by atoms with Gasteiger partial charge in [-0.3, -0.25) is 9.36 Å². The Kier molecular flexibility index (Phi) is 8.72. The Morgan fingerprint density at radius 2 is 1.76 bits per heavy atom. The zero-order valence-corrected chi connectivity index (χ0v) is 20.7. The summed E-state index contributed by atoms with van der Waals surface area (Å²) in [4.78, 5) is 14.8. The number of rotatable bonds is 11. The summed E-state index contributed by atoms with van der Waals surface area (Å²) >= 11 is 1.37. The van der Waals surface area contributed by atoms with Crippen molar-refractivity contribution >= 4 is 29.0 Å². The fourth-order valence-electron chi connectivity index (χ4n) is 3.59. The summed E-state index contributed by atoms with van der Waals surface area (Å²) < 4.78 is 1.99. The van der Waals surface area contributed by atoms with Gasteiger partial charge in [0, 0.05) is 36.6 Å². The van der Waals surface area contributed by atoms with Gasteiger partial charge in [-0.05, 0) is 61.7 Å². The maximum atomic E-state index is 12.5. The number of carbonyl (C=O) groups is 1. The minimum absolute atomic E-state index is 0.0735. The van der Waals surface area contributed by atoms with Crippen LogP contribution in [0.5, 0.6) is 0 Å². The van der Waals surface area contributed by atoms with Crippen molar-refractivity contribution in [2.24, 2.45) is 0 Å². The van der Waals surface area contributed by atoms with E-state index in [9.17, 15) is 4.79 Å². The Morgan fingerprint density at radius 1 is 1.09 bits per heavy atom. The van der Waals surface area contributed by atoms with Crippen LogP contribution in [0.2, 0.25) is 0 Å². The van der Waals surface area contributed by atoms with Gasteiger partial charge in [0.2, 0.25) is 5.91 Å². The molecule has 0 atom stereocenters. The highest BCUT2D eigenvalue weighted by Crippen LogP contribution is 2.26. The number of nitrogens with zero attached hydrogens (tertiary/aromatic N) is 4. The van der Waals surface area contributed by atoms with Crippen LogP contribution in [-0.2, 0) is 11.3 Å². The number of hydrogen-bond acceptors (Lipinski definition) is 5. The fourth-order valence-corrected chi connectivity index (χ4v) is 4.34. The number of allylic oxidation sites excluding steroid dienone is 1. The van der Waals surface area contributed by atoms with Gasteiger partial charge in [-0.25, -0.2) is 0 Å². The molecule has 0 spiro atoms. The predicted molar refractivity (Wildman–Crippen MR) is 139 cm³/mol. The second-order valence-electron chi connectivity index (χ2n) is 8.04. The molecule has 3 aromatic rings. The monoisotopic (exact) mass is 463 g/mol. The van der Waals surface area contributed by atoms with E-state index in [4.69, 9.17) is 0 Å². The van der Waals surface area contributed by atoms with Crippen molar-refractivity contribution in [2.75, 3.05) is 29.1 Å². The van der Waals surface area contributed by atoms with Gasteiger partial charge in [0.25, 0.3) is 0 Å². The largest absolute Gasteiger partial charge is 0.372 e. The molecule has 0 aliphatic heterocycles. The number of amides is 1. The molecule has 1 aromatic heterocycles. The molecule has 7 heteroatoms. The molecule has 3 rings (SSSR count). The Bertz CT molecular complexity index is 1050. The molecule has 1 heterocycles. The molecule has 174 valence electrons. The first-order valence-corrected chi connectivity index (χ1v) is 12.4. The summed E-state index contributed by atoms with van der Waals surface area (Å²) in [6.07, 6.45) is 1.82. The van der Waals surface area contributed by atoms with Gasteiger partial charge in [-0.15, -0.1) is 16.8 Å². The number of benzene rings is 2. The van der Waals surface area contributed by atoms with E-state index in [-0.39, 0.29) is 11.7 Å².